The second-order valence-corrected chi connectivity index (χ2v) is 8.05. The highest BCUT2D eigenvalue weighted by atomic mass is 16.6. The number of methoxy groups -OCH3 is 1. The van der Waals surface area contributed by atoms with Gasteiger partial charge >= 0.3 is 17.9 Å². The van der Waals surface area contributed by atoms with Crippen LogP contribution in [0.25, 0.3) is 0 Å². The van der Waals surface area contributed by atoms with E-state index in [1.807, 2.05) is 0 Å². The normalized spacial score (nSPS) is 12.6. The van der Waals surface area contributed by atoms with Crippen LogP contribution in [0.1, 0.15) is 36.2 Å². The number of rotatable bonds is 19. The topological polar surface area (TPSA) is 222 Å². The van der Waals surface area contributed by atoms with Crippen molar-refractivity contribution in [1.29, 1.82) is 0 Å². The first-order valence-electron chi connectivity index (χ1n) is 12.7. The number of carbonyl (C=O) groups is 4. The predicted octanol–water partition coefficient (Wildman–Crippen LogP) is -1.32. The fourth-order valence-electron chi connectivity index (χ4n) is 3.35. The summed E-state index contributed by atoms with van der Waals surface area (Å²) in [5.41, 5.74) is 5.67. The van der Waals surface area contributed by atoms with E-state index in [-0.39, 0.29) is 37.5 Å². The van der Waals surface area contributed by atoms with Crippen molar-refractivity contribution in [3.63, 3.8) is 0 Å². The van der Waals surface area contributed by atoms with E-state index in [4.69, 9.17) is 39.3 Å². The van der Waals surface area contributed by atoms with Crippen LogP contribution in [0.15, 0.2) is 18.2 Å². The third-order valence-electron chi connectivity index (χ3n) is 5.02. The highest BCUT2D eigenvalue weighted by Crippen LogP contribution is 2.26. The number of aliphatic hydroxyl groups excluding tert-OH is 3. The molecule has 0 aliphatic rings. The van der Waals surface area contributed by atoms with E-state index in [2.05, 4.69) is 5.32 Å². The summed E-state index contributed by atoms with van der Waals surface area (Å²) in [6.45, 7) is 3.11. The summed E-state index contributed by atoms with van der Waals surface area (Å²) in [5, 5.41) is 28.7. The first kappa shape index (κ1) is 37.7. The van der Waals surface area contributed by atoms with Crippen LogP contribution in [0.5, 0.6) is 5.75 Å². The van der Waals surface area contributed by atoms with Gasteiger partial charge in [0.2, 0.25) is 6.10 Å². The summed E-state index contributed by atoms with van der Waals surface area (Å²) in [6, 6.07) is 4.17. The Morgan fingerprint density at radius 1 is 0.951 bits per heavy atom. The Bertz CT molecular complexity index is 929. The molecule has 234 valence electrons. The summed E-state index contributed by atoms with van der Waals surface area (Å²) >= 11 is 0. The van der Waals surface area contributed by atoms with E-state index in [0.717, 1.165) is 28.1 Å². The zero-order chi connectivity index (χ0) is 31.2. The van der Waals surface area contributed by atoms with Gasteiger partial charge in [-0.2, -0.15) is 0 Å². The predicted molar refractivity (Wildman–Crippen MR) is 143 cm³/mol. The Balaban J connectivity index is 0.00000781. The van der Waals surface area contributed by atoms with Crippen molar-refractivity contribution in [2.75, 3.05) is 60.3 Å². The number of nitrogens with two attached hydrogens (primary N) is 1. The number of ether oxygens (including phenoxy) is 6. The number of esters is 3. The lowest BCUT2D eigenvalue weighted by molar-refractivity contribution is -0.182. The average Bonchev–Trinajstić information content (AvgIpc) is 2.96. The van der Waals surface area contributed by atoms with E-state index >= 15 is 0 Å². The Labute approximate surface area is 238 Å². The van der Waals surface area contributed by atoms with Crippen molar-refractivity contribution < 1.29 is 62.9 Å². The van der Waals surface area contributed by atoms with Crippen molar-refractivity contribution in [3.8, 4) is 5.75 Å². The van der Waals surface area contributed by atoms with Crippen molar-refractivity contribution in [1.82, 2.24) is 5.32 Å². The molecule has 0 heterocycles. The SMILES string of the molecule is CO.COC(=O)C(Oc1ccc(CO)cc1C(=O)NCCOCCOCCN)[C@H](OC(C)=O)C(CCO)OC(C)=O. The van der Waals surface area contributed by atoms with Crippen LogP contribution in [-0.4, -0.2) is 118 Å². The lowest BCUT2D eigenvalue weighted by atomic mass is 10.0. The Hall–Kier alpha value is -3.34. The van der Waals surface area contributed by atoms with Gasteiger partial charge in [-0.15, -0.1) is 0 Å². The summed E-state index contributed by atoms with van der Waals surface area (Å²) in [5.74, 6) is -3.30. The molecule has 41 heavy (non-hydrogen) atoms. The lowest BCUT2D eigenvalue weighted by Gasteiger charge is -2.31. The number of hydrogen-bond acceptors (Lipinski definition) is 14. The number of hydrogen-bond donors (Lipinski definition) is 5. The number of nitrogens with one attached hydrogen (secondary N) is 1. The molecular weight excluding hydrogens is 548 g/mol. The third kappa shape index (κ3) is 14.7. The molecule has 0 fully saturated rings. The molecule has 0 spiro atoms. The molecule has 3 atom stereocenters. The second-order valence-electron chi connectivity index (χ2n) is 8.05. The van der Waals surface area contributed by atoms with E-state index in [1.165, 1.54) is 18.2 Å². The summed E-state index contributed by atoms with van der Waals surface area (Å²) in [7, 11) is 2.07. The number of aliphatic hydroxyl groups is 3. The molecular formula is C26H42N2O13. The van der Waals surface area contributed by atoms with Crippen LogP contribution in [0, 0.1) is 0 Å². The van der Waals surface area contributed by atoms with Gasteiger partial charge in [0.25, 0.3) is 5.91 Å². The van der Waals surface area contributed by atoms with Crippen LogP contribution < -0.4 is 15.8 Å². The third-order valence-corrected chi connectivity index (χ3v) is 5.02. The first-order chi connectivity index (χ1) is 19.7. The van der Waals surface area contributed by atoms with Gasteiger partial charge in [0, 0.05) is 47.1 Å². The lowest BCUT2D eigenvalue weighted by Crippen LogP contribution is -2.50. The molecule has 0 aliphatic heterocycles. The van der Waals surface area contributed by atoms with Crippen molar-refractivity contribution in [2.24, 2.45) is 5.73 Å². The van der Waals surface area contributed by atoms with Crippen LogP contribution in [0.4, 0.5) is 0 Å². The zero-order valence-corrected chi connectivity index (χ0v) is 23.8. The molecule has 0 saturated heterocycles. The molecule has 15 heteroatoms. The largest absolute Gasteiger partial charge is 0.474 e. The minimum Gasteiger partial charge on any atom is -0.474 e. The standard InChI is InChI=1S/C25H38N2O12.CH4O/c1-16(30)37-21(6-9-28)22(38-17(2)31)23(25(33)34-3)39-20-5-4-18(15-29)14-19(20)24(32)27-8-11-36-13-12-35-10-7-26;1-2/h4-5,14,21-23,28-29H,6-13,15,26H2,1-3H3,(H,27,32);2H,1H3/t21?,22-,23?;/m1./s1. The molecule has 6 N–H and O–H groups in total. The quantitative estimate of drug-likeness (QED) is 0.0716. The molecule has 15 nitrogen and oxygen atoms in total. The molecule has 1 rings (SSSR count). The molecule has 0 radical (unpaired) electrons. The van der Waals surface area contributed by atoms with Gasteiger partial charge in [-0.3, -0.25) is 14.4 Å². The number of amides is 1. The monoisotopic (exact) mass is 590 g/mol. The fraction of sp³-hybridized carbons (Fsp3) is 0.615. The average molecular weight is 591 g/mol. The van der Waals surface area contributed by atoms with Gasteiger partial charge in [0.15, 0.2) is 6.10 Å². The highest BCUT2D eigenvalue weighted by Gasteiger charge is 2.42. The van der Waals surface area contributed by atoms with Gasteiger partial charge < -0.3 is 54.8 Å². The van der Waals surface area contributed by atoms with E-state index in [0.29, 0.717) is 31.9 Å². The second kappa shape index (κ2) is 22.4. The molecule has 0 aliphatic carbocycles. The zero-order valence-electron chi connectivity index (χ0n) is 23.8. The maximum absolute atomic E-state index is 13.0. The molecule has 2 unspecified atom stereocenters. The van der Waals surface area contributed by atoms with Gasteiger partial charge in [-0.25, -0.2) is 4.79 Å². The highest BCUT2D eigenvalue weighted by molar-refractivity contribution is 5.97. The smallest absolute Gasteiger partial charge is 0.351 e. The van der Waals surface area contributed by atoms with Gasteiger partial charge in [-0.1, -0.05) is 6.07 Å². The minimum absolute atomic E-state index is 0.0468. The number of carbonyl (C=O) groups excluding carboxylic acids is 4. The fourth-order valence-corrected chi connectivity index (χ4v) is 3.35. The molecule has 1 aromatic carbocycles. The van der Waals surface area contributed by atoms with Gasteiger partial charge in [-0.05, 0) is 17.7 Å². The summed E-state index contributed by atoms with van der Waals surface area (Å²) < 4.78 is 31.7. The Morgan fingerprint density at radius 2 is 1.59 bits per heavy atom. The first-order valence-corrected chi connectivity index (χ1v) is 12.7. The van der Waals surface area contributed by atoms with E-state index < -0.39 is 48.7 Å². The maximum Gasteiger partial charge on any atom is 0.351 e. The minimum atomic E-state index is -1.70. The molecule has 0 saturated carbocycles. The molecule has 0 aromatic heterocycles. The van der Waals surface area contributed by atoms with Crippen LogP contribution in [0.2, 0.25) is 0 Å². The summed E-state index contributed by atoms with van der Waals surface area (Å²) in [6.07, 6.45) is -4.70. The van der Waals surface area contributed by atoms with Crippen LogP contribution in [0.3, 0.4) is 0 Å². The van der Waals surface area contributed by atoms with Crippen LogP contribution >= 0.6 is 0 Å². The number of benzene rings is 1. The Kier molecular flexibility index (Phi) is 20.5. The van der Waals surface area contributed by atoms with E-state index in [9.17, 15) is 29.4 Å². The molecule has 1 aromatic rings. The molecule has 0 bridgehead atoms. The molecule has 1 amide bonds. The van der Waals surface area contributed by atoms with Gasteiger partial charge in [0.1, 0.15) is 11.9 Å². The van der Waals surface area contributed by atoms with Crippen molar-refractivity contribution >= 4 is 23.8 Å². The van der Waals surface area contributed by atoms with Crippen molar-refractivity contribution in [2.45, 2.75) is 45.2 Å². The van der Waals surface area contributed by atoms with Gasteiger partial charge in [0.05, 0.1) is 45.7 Å². The van der Waals surface area contributed by atoms with E-state index in [1.54, 1.807) is 0 Å². The van der Waals surface area contributed by atoms with Crippen LogP contribution in [-0.2, 0) is 44.7 Å². The maximum atomic E-state index is 13.0. The summed E-state index contributed by atoms with van der Waals surface area (Å²) in [4.78, 5) is 49.3. The van der Waals surface area contributed by atoms with Crippen molar-refractivity contribution in [3.05, 3.63) is 29.3 Å². The Morgan fingerprint density at radius 3 is 2.12 bits per heavy atom.